The van der Waals surface area contributed by atoms with Gasteiger partial charge in [-0.15, -0.1) is 0 Å². The molecule has 0 saturated carbocycles. The first-order valence-electron chi connectivity index (χ1n) is 9.05. The number of carbonyl (C=O) groups excluding carboxylic acids is 1. The van der Waals surface area contributed by atoms with E-state index in [0.717, 1.165) is 25.0 Å². The van der Waals surface area contributed by atoms with Crippen LogP contribution in [-0.4, -0.2) is 40.7 Å². The van der Waals surface area contributed by atoms with Gasteiger partial charge in [0.1, 0.15) is 0 Å². The van der Waals surface area contributed by atoms with E-state index in [1.165, 1.54) is 36.3 Å². The summed E-state index contributed by atoms with van der Waals surface area (Å²) in [6.07, 6.45) is 4.89. The third-order valence-corrected chi connectivity index (χ3v) is 6.04. The maximum Gasteiger partial charge on any atom is 0.255 e. The lowest BCUT2D eigenvalue weighted by atomic mass is 10.1. The topological polar surface area (TPSA) is 69.7 Å². The molecule has 0 bridgehead atoms. The number of carbonyl (C=O) groups is 1. The lowest BCUT2D eigenvalue weighted by molar-refractivity contribution is 0.102. The van der Waals surface area contributed by atoms with E-state index >= 15 is 0 Å². The molecule has 0 atom stereocenters. The second-order valence-corrected chi connectivity index (χ2v) is 8.84. The summed E-state index contributed by atoms with van der Waals surface area (Å²) < 4.78 is 24.3. The average Bonchev–Trinajstić information content (AvgIpc) is 2.68. The molecule has 1 aliphatic heterocycles. The third kappa shape index (κ3) is 4.80. The van der Waals surface area contributed by atoms with E-state index < -0.39 is 10.0 Å². The normalized spacial score (nSPS) is 14.7. The van der Waals surface area contributed by atoms with E-state index in [1.807, 2.05) is 24.3 Å². The maximum absolute atomic E-state index is 12.4. The first kappa shape index (κ1) is 19.2. The van der Waals surface area contributed by atoms with Crippen LogP contribution in [0.2, 0.25) is 0 Å². The van der Waals surface area contributed by atoms with Crippen LogP contribution < -0.4 is 14.5 Å². The predicted octanol–water partition coefficient (Wildman–Crippen LogP) is 3.33. The molecule has 1 heterocycles. The monoisotopic (exact) mass is 387 g/mol. The minimum Gasteiger partial charge on any atom is -0.372 e. The van der Waals surface area contributed by atoms with Gasteiger partial charge in [0.25, 0.3) is 5.91 Å². The highest BCUT2D eigenvalue weighted by atomic mass is 32.2. The number of nitrogens with one attached hydrogen (secondary N) is 1. The number of nitrogens with zero attached hydrogens (tertiary/aromatic N) is 2. The predicted molar refractivity (Wildman–Crippen MR) is 110 cm³/mol. The van der Waals surface area contributed by atoms with Crippen LogP contribution in [0.3, 0.4) is 0 Å². The second kappa shape index (κ2) is 8.00. The van der Waals surface area contributed by atoms with Crippen LogP contribution in [0.4, 0.5) is 17.1 Å². The van der Waals surface area contributed by atoms with E-state index in [2.05, 4.69) is 10.2 Å². The lowest BCUT2D eigenvalue weighted by Gasteiger charge is -2.28. The van der Waals surface area contributed by atoms with E-state index in [9.17, 15) is 13.2 Å². The molecule has 3 rings (SSSR count). The van der Waals surface area contributed by atoms with E-state index in [-0.39, 0.29) is 5.91 Å². The van der Waals surface area contributed by atoms with Gasteiger partial charge < -0.3 is 10.2 Å². The summed E-state index contributed by atoms with van der Waals surface area (Å²) in [6.45, 7) is 2.17. The van der Waals surface area contributed by atoms with Gasteiger partial charge in [0.05, 0.1) is 11.9 Å². The molecule has 1 amide bonds. The van der Waals surface area contributed by atoms with Crippen molar-refractivity contribution in [3.8, 4) is 0 Å². The summed E-state index contributed by atoms with van der Waals surface area (Å²) in [5, 5.41) is 2.88. The molecule has 0 aliphatic carbocycles. The highest BCUT2D eigenvalue weighted by molar-refractivity contribution is 7.92. The number of piperidine rings is 1. The van der Waals surface area contributed by atoms with Crippen LogP contribution in [0.25, 0.3) is 0 Å². The molecule has 1 saturated heterocycles. The number of anilines is 3. The molecule has 7 heteroatoms. The standard InChI is InChI=1S/C20H25N3O3S/c1-22(27(2,25)26)18-10-6-16(7-11-18)20(24)21-17-8-12-19(13-9-17)23-14-4-3-5-15-23/h6-13H,3-5,14-15H2,1-2H3,(H,21,24). The van der Waals surface area contributed by atoms with Gasteiger partial charge in [-0.3, -0.25) is 9.10 Å². The minimum absolute atomic E-state index is 0.228. The summed E-state index contributed by atoms with van der Waals surface area (Å²) in [5.41, 5.74) is 2.90. The van der Waals surface area contributed by atoms with Gasteiger partial charge in [0.2, 0.25) is 10.0 Å². The molecule has 1 N–H and O–H groups in total. The fourth-order valence-corrected chi connectivity index (χ4v) is 3.63. The number of rotatable bonds is 5. The molecule has 2 aromatic rings. The Balaban J connectivity index is 1.64. The fraction of sp³-hybridized carbons (Fsp3) is 0.350. The highest BCUT2D eigenvalue weighted by Crippen LogP contribution is 2.22. The van der Waals surface area contributed by atoms with Gasteiger partial charge in [-0.1, -0.05) is 0 Å². The number of hydrogen-bond donors (Lipinski definition) is 1. The summed E-state index contributed by atoms with van der Waals surface area (Å²) in [4.78, 5) is 14.8. The molecule has 27 heavy (non-hydrogen) atoms. The van der Waals surface area contributed by atoms with Crippen molar-refractivity contribution in [2.75, 3.05) is 40.9 Å². The third-order valence-electron chi connectivity index (χ3n) is 4.84. The Labute approximate surface area is 160 Å². The maximum atomic E-state index is 12.4. The van der Waals surface area contributed by atoms with Crippen molar-refractivity contribution in [1.29, 1.82) is 0 Å². The smallest absolute Gasteiger partial charge is 0.255 e. The van der Waals surface area contributed by atoms with E-state index in [4.69, 9.17) is 0 Å². The van der Waals surface area contributed by atoms with Gasteiger partial charge in [0, 0.05) is 37.1 Å². The van der Waals surface area contributed by atoms with Gasteiger partial charge in [-0.25, -0.2) is 8.42 Å². The van der Waals surface area contributed by atoms with Crippen molar-refractivity contribution in [3.63, 3.8) is 0 Å². The molecule has 0 spiro atoms. The van der Waals surface area contributed by atoms with Crippen molar-refractivity contribution >= 4 is 33.0 Å². The number of amides is 1. The summed E-state index contributed by atoms with van der Waals surface area (Å²) in [7, 11) is -1.84. The van der Waals surface area contributed by atoms with Crippen LogP contribution >= 0.6 is 0 Å². The van der Waals surface area contributed by atoms with Crippen molar-refractivity contribution < 1.29 is 13.2 Å². The Hall–Kier alpha value is -2.54. The second-order valence-electron chi connectivity index (χ2n) is 6.83. The zero-order chi connectivity index (χ0) is 19.4. The Bertz CT molecular complexity index is 887. The first-order valence-corrected chi connectivity index (χ1v) is 10.9. The minimum atomic E-state index is -3.32. The van der Waals surface area contributed by atoms with Gasteiger partial charge >= 0.3 is 0 Å². The lowest BCUT2D eigenvalue weighted by Crippen LogP contribution is -2.29. The molecule has 2 aromatic carbocycles. The van der Waals surface area contributed by atoms with Crippen LogP contribution in [-0.2, 0) is 10.0 Å². The number of benzene rings is 2. The molecule has 0 aromatic heterocycles. The first-order chi connectivity index (χ1) is 12.8. The van der Waals surface area contributed by atoms with Crippen LogP contribution in [0.5, 0.6) is 0 Å². The number of sulfonamides is 1. The molecular formula is C20H25N3O3S. The van der Waals surface area contributed by atoms with Gasteiger partial charge in [-0.2, -0.15) is 0 Å². The molecule has 6 nitrogen and oxygen atoms in total. The summed E-state index contributed by atoms with van der Waals surface area (Å²) in [5.74, 6) is -0.228. The fourth-order valence-electron chi connectivity index (χ4n) is 3.13. The molecule has 144 valence electrons. The van der Waals surface area contributed by atoms with Crippen LogP contribution in [0.1, 0.15) is 29.6 Å². The SMILES string of the molecule is CN(c1ccc(C(=O)Nc2ccc(N3CCCCC3)cc2)cc1)S(C)(=O)=O. The zero-order valence-electron chi connectivity index (χ0n) is 15.7. The van der Waals surface area contributed by atoms with E-state index in [1.54, 1.807) is 24.3 Å². The summed E-state index contributed by atoms with van der Waals surface area (Å²) in [6, 6.07) is 14.4. The molecule has 1 aliphatic rings. The molecule has 1 fully saturated rings. The van der Waals surface area contributed by atoms with Crippen LogP contribution in [0, 0.1) is 0 Å². The van der Waals surface area contributed by atoms with Crippen molar-refractivity contribution in [2.45, 2.75) is 19.3 Å². The van der Waals surface area contributed by atoms with Gasteiger partial charge in [-0.05, 0) is 67.8 Å². The van der Waals surface area contributed by atoms with Crippen molar-refractivity contribution in [3.05, 3.63) is 54.1 Å². The Morgan fingerprint density at radius 1 is 0.963 bits per heavy atom. The zero-order valence-corrected chi connectivity index (χ0v) is 16.5. The number of hydrogen-bond acceptors (Lipinski definition) is 4. The molecule has 0 radical (unpaired) electrons. The Kier molecular flexibility index (Phi) is 5.70. The largest absolute Gasteiger partial charge is 0.372 e. The molecular weight excluding hydrogens is 362 g/mol. The quantitative estimate of drug-likeness (QED) is 0.854. The summed E-state index contributed by atoms with van der Waals surface area (Å²) >= 11 is 0. The van der Waals surface area contributed by atoms with Gasteiger partial charge in [0.15, 0.2) is 0 Å². The average molecular weight is 388 g/mol. The Morgan fingerprint density at radius 2 is 1.56 bits per heavy atom. The highest BCUT2D eigenvalue weighted by Gasteiger charge is 2.14. The van der Waals surface area contributed by atoms with E-state index in [0.29, 0.717) is 11.3 Å². The van der Waals surface area contributed by atoms with Crippen LogP contribution in [0.15, 0.2) is 48.5 Å². The van der Waals surface area contributed by atoms with Crippen molar-refractivity contribution in [1.82, 2.24) is 0 Å². The van der Waals surface area contributed by atoms with Crippen molar-refractivity contribution in [2.24, 2.45) is 0 Å². The Morgan fingerprint density at radius 3 is 2.11 bits per heavy atom. The molecule has 0 unspecified atom stereocenters.